The van der Waals surface area contributed by atoms with E-state index in [0.717, 1.165) is 11.1 Å². The molecule has 13 aromatic rings. The van der Waals surface area contributed by atoms with Crippen molar-refractivity contribution in [3.8, 4) is 89.0 Å². The van der Waals surface area contributed by atoms with Crippen LogP contribution in [0.5, 0.6) is 0 Å². The van der Waals surface area contributed by atoms with Gasteiger partial charge in [0.25, 0.3) is 0 Å². The zero-order valence-electron chi connectivity index (χ0n) is 52.3. The minimum absolute atomic E-state index is 0.396. The van der Waals surface area contributed by atoms with E-state index >= 15 is 0 Å². The monoisotopic (exact) mass is 1560 g/mol. The summed E-state index contributed by atoms with van der Waals surface area (Å²) in [6.45, 7) is 0. The third-order valence-corrected chi connectivity index (χ3v) is 22.0. The fraction of sp³-hybridized carbons (Fsp3) is 0. The quantitative estimate of drug-likeness (QED) is 0.121. The molecule has 8 nitrogen and oxygen atoms in total. The van der Waals surface area contributed by atoms with E-state index in [9.17, 15) is 0 Å². The standard InChI is InChI=1S/C82H42Cl12N8/c83-41-11-3-12-42(84)71(41)77-57-27-23-53(95-57)69(54-24-28-58(96-54)78(72-43(85)13-4-14-44(72)86)62-32-36-66(100-62)81(65-35-31-61(77)99-65)75-49(91)19-7-20-50(75)92)39-9-1-2-10-40(39)70-55-25-29-59(97-55)79(73-45(87)15-5-16-46(73)88)63-33-37-67(101-63)82(76-51(93)21-8-22-52(76)94)68-38-34-64(102-68)80(60-30-26-56(70)98-60)74-47(89)17-6-18-48(74)90/h1-38,95,97,100,102H. The maximum atomic E-state index is 7.31. The number of halogens is 12. The minimum Gasteiger partial charge on any atom is -0.354 e. The summed E-state index contributed by atoms with van der Waals surface area (Å²) in [5.41, 5.74) is 19.2. The van der Waals surface area contributed by atoms with Gasteiger partial charge < -0.3 is 19.9 Å². The Balaban J connectivity index is 1.04. The number of hydrogen-bond donors (Lipinski definition) is 4. The van der Waals surface area contributed by atoms with E-state index in [4.69, 9.17) is 159 Å². The molecule has 10 heterocycles. The van der Waals surface area contributed by atoms with Crippen LogP contribution in [0, 0.1) is 0 Å². The lowest BCUT2D eigenvalue weighted by molar-refractivity contribution is 1.30. The highest BCUT2D eigenvalue weighted by molar-refractivity contribution is 6.44. The van der Waals surface area contributed by atoms with Gasteiger partial charge in [0.2, 0.25) is 0 Å². The van der Waals surface area contributed by atoms with E-state index in [1.54, 1.807) is 84.9 Å². The van der Waals surface area contributed by atoms with Crippen molar-refractivity contribution < 1.29 is 0 Å². The summed E-state index contributed by atoms with van der Waals surface area (Å²) >= 11 is 87.1. The van der Waals surface area contributed by atoms with Gasteiger partial charge in [-0.2, -0.15) is 0 Å². The van der Waals surface area contributed by atoms with E-state index in [2.05, 4.69) is 32.1 Å². The fourth-order valence-corrected chi connectivity index (χ4v) is 17.4. The van der Waals surface area contributed by atoms with Crippen LogP contribution in [-0.2, 0) is 0 Å². The molecule has 494 valence electrons. The van der Waals surface area contributed by atoms with Crippen molar-refractivity contribution in [1.82, 2.24) is 39.9 Å². The summed E-state index contributed by atoms with van der Waals surface area (Å²) in [4.78, 5) is 37.5. The Morgan fingerprint density at radius 1 is 0.157 bits per heavy atom. The molecule has 6 aromatic heterocycles. The smallest absolute Gasteiger partial charge is 0.0738 e. The molecule has 17 rings (SSSR count). The van der Waals surface area contributed by atoms with Crippen LogP contribution < -0.4 is 0 Å². The number of nitrogens with one attached hydrogen (secondary N) is 4. The largest absolute Gasteiger partial charge is 0.354 e. The van der Waals surface area contributed by atoms with Crippen LogP contribution in [0.3, 0.4) is 0 Å². The van der Waals surface area contributed by atoms with Gasteiger partial charge in [-0.1, -0.05) is 200 Å². The second kappa shape index (κ2) is 26.8. The Labute approximate surface area is 642 Å². The van der Waals surface area contributed by atoms with E-state index in [-0.39, 0.29) is 0 Å². The maximum Gasteiger partial charge on any atom is 0.0738 e. The molecule has 4 aliphatic rings. The molecule has 20 heteroatoms. The van der Waals surface area contributed by atoms with Crippen molar-refractivity contribution in [2.75, 3.05) is 0 Å². The van der Waals surface area contributed by atoms with Crippen molar-refractivity contribution in [3.63, 3.8) is 0 Å². The Hall–Kier alpha value is -8.78. The first-order chi connectivity index (χ1) is 49.5. The molecular formula is C82H42Cl12N8. The van der Waals surface area contributed by atoms with Gasteiger partial charge in [0.1, 0.15) is 0 Å². The average molecular weight is 1560 g/mol. The van der Waals surface area contributed by atoms with Crippen molar-refractivity contribution in [3.05, 3.63) is 288 Å². The summed E-state index contributed by atoms with van der Waals surface area (Å²) in [5, 5.41) is 4.79. The molecule has 0 saturated heterocycles. The summed E-state index contributed by atoms with van der Waals surface area (Å²) < 4.78 is 0. The molecule has 0 radical (unpaired) electrons. The van der Waals surface area contributed by atoms with Crippen molar-refractivity contribution in [2.45, 2.75) is 0 Å². The third-order valence-electron chi connectivity index (χ3n) is 18.3. The second-order valence-electron chi connectivity index (χ2n) is 24.1. The van der Waals surface area contributed by atoms with Gasteiger partial charge in [0, 0.05) is 122 Å². The predicted octanol–water partition coefficient (Wildman–Crippen LogP) is 28.8. The van der Waals surface area contributed by atoms with E-state index in [1.165, 1.54) is 0 Å². The second-order valence-corrected chi connectivity index (χ2v) is 29.0. The van der Waals surface area contributed by atoms with E-state index < -0.39 is 0 Å². The molecule has 0 amide bonds. The molecule has 4 N–H and O–H groups in total. The zero-order valence-corrected chi connectivity index (χ0v) is 61.3. The van der Waals surface area contributed by atoms with Crippen molar-refractivity contribution in [2.24, 2.45) is 0 Å². The highest BCUT2D eigenvalue weighted by atomic mass is 35.5. The lowest BCUT2D eigenvalue weighted by Gasteiger charge is -2.13. The predicted molar refractivity (Wildman–Crippen MR) is 435 cm³/mol. The molecule has 0 atom stereocenters. The van der Waals surface area contributed by atoms with Crippen molar-refractivity contribution >= 4 is 232 Å². The van der Waals surface area contributed by atoms with Crippen LogP contribution >= 0.6 is 139 Å². The molecule has 7 aromatic carbocycles. The highest BCUT2D eigenvalue weighted by Gasteiger charge is 2.29. The highest BCUT2D eigenvalue weighted by Crippen LogP contribution is 2.50. The lowest BCUT2D eigenvalue weighted by atomic mass is 9.92. The van der Waals surface area contributed by atoms with Crippen LogP contribution in [0.4, 0.5) is 0 Å². The van der Waals surface area contributed by atoms with E-state index in [0.29, 0.717) is 228 Å². The molecule has 0 fully saturated rings. The first-order valence-corrected chi connectivity index (χ1v) is 36.2. The number of hydrogen-bond acceptors (Lipinski definition) is 4. The average Bonchev–Trinajstić information content (AvgIpc) is 1.52. The normalized spacial score (nSPS) is 12.4. The minimum atomic E-state index is 0.396. The number of benzene rings is 7. The summed E-state index contributed by atoms with van der Waals surface area (Å²) in [6.07, 6.45) is 15.6. The van der Waals surface area contributed by atoms with Gasteiger partial charge in [-0.3, -0.25) is 0 Å². The van der Waals surface area contributed by atoms with Crippen LogP contribution in [0.1, 0.15) is 45.6 Å². The summed E-state index contributed by atoms with van der Waals surface area (Å²) in [5.74, 6) is 0. The van der Waals surface area contributed by atoms with Crippen LogP contribution in [0.25, 0.3) is 182 Å². The molecule has 0 saturated carbocycles. The van der Waals surface area contributed by atoms with Crippen LogP contribution in [0.2, 0.25) is 60.3 Å². The topological polar surface area (TPSA) is 115 Å². The van der Waals surface area contributed by atoms with Crippen LogP contribution in [0.15, 0.2) is 182 Å². The molecular weight excluding hydrogens is 1520 g/mol. The van der Waals surface area contributed by atoms with E-state index in [1.807, 2.05) is 134 Å². The maximum absolute atomic E-state index is 7.31. The van der Waals surface area contributed by atoms with Gasteiger partial charge in [0.15, 0.2) is 0 Å². The Morgan fingerprint density at radius 3 is 0.471 bits per heavy atom. The summed E-state index contributed by atoms with van der Waals surface area (Å²) in [7, 11) is 0. The van der Waals surface area contributed by atoms with Gasteiger partial charge in [-0.15, -0.1) is 0 Å². The molecule has 102 heavy (non-hydrogen) atoms. The molecule has 0 spiro atoms. The lowest BCUT2D eigenvalue weighted by Crippen LogP contribution is -1.94. The Morgan fingerprint density at radius 2 is 0.304 bits per heavy atom. The van der Waals surface area contributed by atoms with Gasteiger partial charge >= 0.3 is 0 Å². The number of aromatic nitrogens is 8. The Bertz CT molecular complexity index is 5730. The first kappa shape index (κ1) is 66.5. The fourth-order valence-electron chi connectivity index (χ4n) is 13.9. The molecule has 4 aliphatic heterocycles. The van der Waals surface area contributed by atoms with Crippen molar-refractivity contribution in [1.29, 1.82) is 0 Å². The number of fused-ring (bicyclic) bond motifs is 16. The molecule has 16 bridgehead atoms. The SMILES string of the molecule is Clc1cccc(Cl)c1-c1c2nc(c(-c3c(Cl)cccc3Cl)c3ccc([nH]3)c(-c3c(Cl)cccc3Cl)c3nc(c(-c4ccccc4-c4c5nc(c(-c6c(Cl)cccc6Cl)c6ccc([nH]6)c(-c6c(Cl)cccc6Cl)c6nc(c(-c7c(Cl)cccc7Cl)c7ccc4[nH]7)C=C6)C=C5)c4ccc1[nH]4)C=C3)C=C2. The molecule has 0 aliphatic carbocycles. The molecule has 0 unspecified atom stereocenters. The van der Waals surface area contributed by atoms with Crippen LogP contribution in [-0.4, -0.2) is 39.9 Å². The first-order valence-electron chi connectivity index (χ1n) is 31.6. The Kier molecular flexibility index (Phi) is 17.5. The number of nitrogens with zero attached hydrogens (tertiary/aromatic N) is 4. The zero-order chi connectivity index (χ0) is 69.9. The number of H-pyrrole nitrogens is 4. The summed E-state index contributed by atoms with van der Waals surface area (Å²) in [6, 6.07) is 56.4. The van der Waals surface area contributed by atoms with Gasteiger partial charge in [0.05, 0.1) is 106 Å². The number of aromatic amines is 4. The number of rotatable bonds is 8. The van der Waals surface area contributed by atoms with Gasteiger partial charge in [-0.25, -0.2) is 19.9 Å². The van der Waals surface area contributed by atoms with Gasteiger partial charge in [-0.05, 0) is 181 Å². The third kappa shape index (κ3) is 11.5.